The highest BCUT2D eigenvalue weighted by Gasteiger charge is 2.36. The fourth-order valence-corrected chi connectivity index (χ4v) is 3.32. The molecule has 0 aliphatic carbocycles. The summed E-state index contributed by atoms with van der Waals surface area (Å²) in [5.74, 6) is -2.77. The minimum Gasteiger partial charge on any atom is -0.503 e. The van der Waals surface area contributed by atoms with E-state index in [2.05, 4.69) is 0 Å². The Balaban J connectivity index is 2.26. The van der Waals surface area contributed by atoms with Gasteiger partial charge < -0.3 is 15.1 Å². The van der Waals surface area contributed by atoms with Crippen molar-refractivity contribution in [1.29, 1.82) is 0 Å². The van der Waals surface area contributed by atoms with Gasteiger partial charge in [0.25, 0.3) is 11.8 Å². The Bertz CT molecular complexity index is 782. The first-order chi connectivity index (χ1) is 12.3. The standard InChI is InChI=1S/C16H19FN2O6S/c1-25-19(8-10-3-4-11(17)7-13(10)26(2)24)15(22)12-9-18(5-6-20)16(23)14(12)21/h3-4,7,20-21H,5-6,8-9H2,1-2H3. The summed E-state index contributed by atoms with van der Waals surface area (Å²) in [6.07, 6.45) is 1.38. The average Bonchev–Trinajstić information content (AvgIpc) is 2.88. The van der Waals surface area contributed by atoms with Crippen molar-refractivity contribution in [3.8, 4) is 0 Å². The molecule has 0 saturated carbocycles. The van der Waals surface area contributed by atoms with Crippen LogP contribution in [-0.2, 0) is 31.8 Å². The first-order valence-corrected chi connectivity index (χ1v) is 9.16. The minimum atomic E-state index is -1.49. The van der Waals surface area contributed by atoms with Crippen LogP contribution in [0.3, 0.4) is 0 Å². The van der Waals surface area contributed by atoms with E-state index in [9.17, 15) is 23.3 Å². The van der Waals surface area contributed by atoms with Gasteiger partial charge in [-0.2, -0.15) is 0 Å². The second-order valence-electron chi connectivity index (χ2n) is 5.51. The van der Waals surface area contributed by atoms with Gasteiger partial charge in [-0.3, -0.25) is 18.6 Å². The molecule has 0 radical (unpaired) electrons. The van der Waals surface area contributed by atoms with Gasteiger partial charge in [0.2, 0.25) is 0 Å². The summed E-state index contributed by atoms with van der Waals surface area (Å²) in [6, 6.07) is 3.67. The molecule has 0 aromatic heterocycles. The number of rotatable bonds is 7. The number of nitrogens with zero attached hydrogens (tertiary/aromatic N) is 2. The molecule has 0 bridgehead atoms. The van der Waals surface area contributed by atoms with Crippen LogP contribution in [-0.4, -0.2) is 69.3 Å². The van der Waals surface area contributed by atoms with E-state index < -0.39 is 34.2 Å². The molecule has 0 spiro atoms. The maximum atomic E-state index is 13.4. The lowest BCUT2D eigenvalue weighted by molar-refractivity contribution is -0.175. The smallest absolute Gasteiger partial charge is 0.289 e. The maximum Gasteiger partial charge on any atom is 0.289 e. The molecule has 2 rings (SSSR count). The number of halogens is 1. The van der Waals surface area contributed by atoms with Crippen LogP contribution in [0.1, 0.15) is 5.56 Å². The molecule has 142 valence electrons. The lowest BCUT2D eigenvalue weighted by atomic mass is 10.2. The molecule has 1 atom stereocenters. The zero-order valence-electron chi connectivity index (χ0n) is 14.3. The topological polar surface area (TPSA) is 107 Å². The largest absolute Gasteiger partial charge is 0.503 e. The SMILES string of the molecule is CON(Cc1ccc(F)cc1S(C)=O)C(=O)C1=C(O)C(=O)N(CCO)C1. The number of benzene rings is 1. The van der Waals surface area contributed by atoms with Gasteiger partial charge in [-0.15, -0.1) is 0 Å². The van der Waals surface area contributed by atoms with E-state index in [0.29, 0.717) is 5.56 Å². The number of amides is 2. The molecule has 1 aromatic carbocycles. The van der Waals surface area contributed by atoms with Gasteiger partial charge in [0.1, 0.15) is 5.82 Å². The van der Waals surface area contributed by atoms with Crippen molar-refractivity contribution in [3.63, 3.8) is 0 Å². The number of carbonyl (C=O) groups is 2. The van der Waals surface area contributed by atoms with Gasteiger partial charge >= 0.3 is 0 Å². The van der Waals surface area contributed by atoms with Crippen LogP contribution in [0, 0.1) is 5.82 Å². The summed E-state index contributed by atoms with van der Waals surface area (Å²) in [5.41, 5.74) is 0.227. The fraction of sp³-hybridized carbons (Fsp3) is 0.375. The zero-order valence-corrected chi connectivity index (χ0v) is 15.1. The highest BCUT2D eigenvalue weighted by molar-refractivity contribution is 7.84. The van der Waals surface area contributed by atoms with Crippen LogP contribution < -0.4 is 0 Å². The molecule has 1 unspecified atom stereocenters. The molecular formula is C16H19FN2O6S. The Labute approximate surface area is 151 Å². The van der Waals surface area contributed by atoms with Crippen molar-refractivity contribution >= 4 is 22.6 Å². The summed E-state index contributed by atoms with van der Waals surface area (Å²) >= 11 is 0. The molecular weight excluding hydrogens is 367 g/mol. The van der Waals surface area contributed by atoms with Crippen LogP contribution in [0.2, 0.25) is 0 Å². The molecule has 1 aromatic rings. The molecule has 1 heterocycles. The average molecular weight is 386 g/mol. The normalized spacial score (nSPS) is 15.5. The van der Waals surface area contributed by atoms with E-state index in [0.717, 1.165) is 16.0 Å². The molecule has 1 aliphatic rings. The Kier molecular flexibility index (Phi) is 6.46. The molecule has 8 nitrogen and oxygen atoms in total. The Morgan fingerprint density at radius 3 is 2.73 bits per heavy atom. The van der Waals surface area contributed by atoms with Gasteiger partial charge in [-0.05, 0) is 17.7 Å². The first kappa shape index (κ1) is 20.0. The summed E-state index contributed by atoms with van der Waals surface area (Å²) in [7, 11) is -0.264. The van der Waals surface area contributed by atoms with Gasteiger partial charge in [0.05, 0.1) is 43.2 Å². The Hall–Kier alpha value is -2.30. The molecule has 10 heteroatoms. The van der Waals surface area contributed by atoms with E-state index in [4.69, 9.17) is 9.94 Å². The molecule has 2 N–H and O–H groups in total. The zero-order chi connectivity index (χ0) is 19.4. The lowest BCUT2D eigenvalue weighted by Crippen LogP contribution is -2.34. The highest BCUT2D eigenvalue weighted by atomic mass is 32.2. The number of hydrogen-bond acceptors (Lipinski definition) is 6. The molecule has 2 amide bonds. The molecule has 26 heavy (non-hydrogen) atoms. The number of hydroxylamine groups is 2. The number of hydrogen-bond donors (Lipinski definition) is 2. The summed E-state index contributed by atoms with van der Waals surface area (Å²) < 4.78 is 25.2. The van der Waals surface area contributed by atoms with Crippen molar-refractivity contribution < 1.29 is 33.2 Å². The minimum absolute atomic E-state index is 0.0242. The van der Waals surface area contributed by atoms with Crippen molar-refractivity contribution in [2.75, 3.05) is 33.1 Å². The van der Waals surface area contributed by atoms with Gasteiger partial charge in [0, 0.05) is 17.7 Å². The second-order valence-corrected chi connectivity index (χ2v) is 6.86. The highest BCUT2D eigenvalue weighted by Crippen LogP contribution is 2.22. The van der Waals surface area contributed by atoms with E-state index >= 15 is 0 Å². The van der Waals surface area contributed by atoms with Crippen LogP contribution in [0.25, 0.3) is 0 Å². The third kappa shape index (κ3) is 4.09. The van der Waals surface area contributed by atoms with Crippen LogP contribution >= 0.6 is 0 Å². The van der Waals surface area contributed by atoms with Gasteiger partial charge in [-0.1, -0.05) is 6.07 Å². The molecule has 1 aliphatic heterocycles. The number of aliphatic hydroxyl groups excluding tert-OH is 2. The van der Waals surface area contributed by atoms with Crippen LogP contribution in [0.4, 0.5) is 4.39 Å². The predicted octanol–water partition coefficient (Wildman–Crippen LogP) is 0.0997. The number of β-amino-alcohol motifs (C(OH)–C–C–N with tert-alkyl or cyclic N) is 1. The van der Waals surface area contributed by atoms with Crippen LogP contribution in [0.15, 0.2) is 34.4 Å². The van der Waals surface area contributed by atoms with E-state index in [1.54, 1.807) is 0 Å². The van der Waals surface area contributed by atoms with Crippen molar-refractivity contribution in [3.05, 3.63) is 40.9 Å². The fourth-order valence-electron chi connectivity index (χ4n) is 2.54. The number of carbonyl (C=O) groups excluding carboxylic acids is 2. The summed E-state index contributed by atoms with van der Waals surface area (Å²) in [5, 5.41) is 19.7. The Morgan fingerprint density at radius 1 is 1.46 bits per heavy atom. The summed E-state index contributed by atoms with van der Waals surface area (Å²) in [4.78, 5) is 30.9. The van der Waals surface area contributed by atoms with Gasteiger partial charge in [0.15, 0.2) is 5.76 Å². The lowest BCUT2D eigenvalue weighted by Gasteiger charge is -2.22. The monoisotopic (exact) mass is 386 g/mol. The Morgan fingerprint density at radius 2 is 2.15 bits per heavy atom. The predicted molar refractivity (Wildman–Crippen MR) is 89.6 cm³/mol. The quantitative estimate of drug-likeness (QED) is 0.644. The maximum absolute atomic E-state index is 13.4. The molecule has 0 saturated heterocycles. The van der Waals surface area contributed by atoms with Crippen molar-refractivity contribution in [1.82, 2.24) is 9.96 Å². The summed E-state index contributed by atoms with van der Waals surface area (Å²) in [6.45, 7) is -0.658. The van der Waals surface area contributed by atoms with Gasteiger partial charge in [-0.25, -0.2) is 9.45 Å². The third-order valence-corrected chi connectivity index (χ3v) is 4.85. The van der Waals surface area contributed by atoms with Crippen molar-refractivity contribution in [2.45, 2.75) is 11.4 Å². The molecule has 0 fully saturated rings. The second kappa shape index (κ2) is 8.39. The van der Waals surface area contributed by atoms with Crippen molar-refractivity contribution in [2.24, 2.45) is 0 Å². The third-order valence-electron chi connectivity index (χ3n) is 3.85. The van der Waals surface area contributed by atoms with E-state index in [-0.39, 0.29) is 36.7 Å². The van der Waals surface area contributed by atoms with Crippen LogP contribution in [0.5, 0.6) is 0 Å². The van der Waals surface area contributed by atoms with E-state index in [1.807, 2.05) is 0 Å². The number of aliphatic hydroxyl groups is 2. The first-order valence-electron chi connectivity index (χ1n) is 7.60. The van der Waals surface area contributed by atoms with E-state index in [1.165, 1.54) is 25.5 Å².